The van der Waals surface area contributed by atoms with E-state index in [9.17, 15) is 9.59 Å². The van der Waals surface area contributed by atoms with Gasteiger partial charge in [-0.2, -0.15) is 0 Å². The van der Waals surface area contributed by atoms with Gasteiger partial charge in [-0.3, -0.25) is 0 Å². The fraction of sp³-hybridized carbons (Fsp3) is 0.800. The minimum atomic E-state index is -1.09. The molecule has 6 nitrogen and oxygen atoms in total. The number of amides is 2. The molecular weight excluding hydrogens is 212 g/mol. The van der Waals surface area contributed by atoms with Crippen LogP contribution in [0, 0.1) is 0 Å². The number of hydrogen-bond donors (Lipinski definition) is 2. The second-order valence-electron chi connectivity index (χ2n) is 3.63. The number of ether oxygens (including phenoxy) is 1. The smallest absolute Gasteiger partial charge is 0.334 e. The van der Waals surface area contributed by atoms with Crippen LogP contribution >= 0.6 is 0 Å². The van der Waals surface area contributed by atoms with Crippen LogP contribution in [0.1, 0.15) is 20.8 Å². The molecule has 6 heteroatoms. The van der Waals surface area contributed by atoms with Gasteiger partial charge in [-0.1, -0.05) is 0 Å². The lowest BCUT2D eigenvalue weighted by Gasteiger charge is -2.25. The molecule has 1 atom stereocenters. The molecule has 0 aliphatic rings. The van der Waals surface area contributed by atoms with Gasteiger partial charge in [0.15, 0.2) is 6.10 Å². The first-order valence-electron chi connectivity index (χ1n) is 5.24. The average Bonchev–Trinajstić information content (AvgIpc) is 2.18. The number of carboxylic acid groups (broad SMARTS) is 1. The van der Waals surface area contributed by atoms with Crippen molar-refractivity contribution in [3.63, 3.8) is 0 Å². The number of nitrogens with zero attached hydrogens (tertiary/aromatic N) is 1. The van der Waals surface area contributed by atoms with Crippen LogP contribution in [0.3, 0.4) is 0 Å². The molecule has 2 N–H and O–H groups in total. The Morgan fingerprint density at radius 1 is 1.44 bits per heavy atom. The first kappa shape index (κ1) is 14.7. The predicted octanol–water partition coefficient (Wildman–Crippen LogP) is 0.526. The zero-order valence-corrected chi connectivity index (χ0v) is 10.2. The zero-order valence-electron chi connectivity index (χ0n) is 10.2. The van der Waals surface area contributed by atoms with E-state index in [0.29, 0.717) is 6.54 Å². The summed E-state index contributed by atoms with van der Waals surface area (Å²) in [6.45, 7) is 6.20. The maximum absolute atomic E-state index is 11.6. The first-order valence-corrected chi connectivity index (χ1v) is 5.24. The number of aliphatic carboxylic acids is 1. The summed E-state index contributed by atoms with van der Waals surface area (Å²) in [6, 6.07) is -0.198. The second-order valence-corrected chi connectivity index (χ2v) is 3.63. The number of carboxylic acids is 1. The molecule has 0 saturated carbocycles. The van der Waals surface area contributed by atoms with Gasteiger partial charge in [0.25, 0.3) is 0 Å². The number of carbonyl (C=O) groups is 2. The molecule has 94 valence electrons. The molecule has 0 aromatic carbocycles. The molecule has 0 saturated heterocycles. The molecule has 1 unspecified atom stereocenters. The number of hydrogen-bond acceptors (Lipinski definition) is 3. The summed E-state index contributed by atoms with van der Waals surface area (Å²) in [5.74, 6) is -1.09. The van der Waals surface area contributed by atoms with E-state index in [1.807, 2.05) is 20.8 Å². The molecule has 0 aliphatic carbocycles. The lowest BCUT2D eigenvalue weighted by molar-refractivity contribution is -0.148. The minimum absolute atomic E-state index is 0.0338. The number of rotatable bonds is 6. The fourth-order valence-electron chi connectivity index (χ4n) is 1.30. The van der Waals surface area contributed by atoms with Crippen molar-refractivity contribution in [3.05, 3.63) is 0 Å². The van der Waals surface area contributed by atoms with Crippen LogP contribution in [-0.4, -0.2) is 54.4 Å². The van der Waals surface area contributed by atoms with E-state index < -0.39 is 12.1 Å². The van der Waals surface area contributed by atoms with Gasteiger partial charge in [-0.25, -0.2) is 9.59 Å². The molecule has 0 radical (unpaired) electrons. The largest absolute Gasteiger partial charge is 0.479 e. The number of methoxy groups -OCH3 is 1. The molecule has 0 aromatic rings. The van der Waals surface area contributed by atoms with E-state index in [1.54, 1.807) is 4.90 Å². The normalized spacial score (nSPS) is 12.3. The fourth-order valence-corrected chi connectivity index (χ4v) is 1.30. The summed E-state index contributed by atoms with van der Waals surface area (Å²) in [6.07, 6.45) is -1.00. The third-order valence-electron chi connectivity index (χ3n) is 2.22. The predicted molar refractivity (Wildman–Crippen MR) is 59.3 cm³/mol. The van der Waals surface area contributed by atoms with E-state index >= 15 is 0 Å². The van der Waals surface area contributed by atoms with Crippen LogP contribution in [-0.2, 0) is 9.53 Å². The highest BCUT2D eigenvalue weighted by atomic mass is 16.5. The first-order chi connectivity index (χ1) is 7.43. The average molecular weight is 232 g/mol. The van der Waals surface area contributed by atoms with Crippen LogP contribution in [0.25, 0.3) is 0 Å². The summed E-state index contributed by atoms with van der Waals surface area (Å²) < 4.78 is 4.70. The summed E-state index contributed by atoms with van der Waals surface area (Å²) in [7, 11) is 1.30. The van der Waals surface area contributed by atoms with Gasteiger partial charge in [0.05, 0.1) is 6.54 Å². The molecule has 16 heavy (non-hydrogen) atoms. The van der Waals surface area contributed by atoms with E-state index in [4.69, 9.17) is 9.84 Å². The van der Waals surface area contributed by atoms with Crippen molar-refractivity contribution in [2.45, 2.75) is 32.9 Å². The highest BCUT2D eigenvalue weighted by molar-refractivity contribution is 5.77. The Labute approximate surface area is 95.6 Å². The Morgan fingerprint density at radius 3 is 2.31 bits per heavy atom. The highest BCUT2D eigenvalue weighted by Gasteiger charge is 2.20. The Bertz CT molecular complexity index is 243. The molecule has 0 rings (SSSR count). The molecular formula is C10H20N2O4. The van der Waals surface area contributed by atoms with Crippen LogP contribution < -0.4 is 5.32 Å². The number of urea groups is 1. The lowest BCUT2D eigenvalue weighted by atomic mass is 10.3. The van der Waals surface area contributed by atoms with Crippen LogP contribution in [0.2, 0.25) is 0 Å². The van der Waals surface area contributed by atoms with Gasteiger partial charge >= 0.3 is 12.0 Å². The zero-order chi connectivity index (χ0) is 12.7. The monoisotopic (exact) mass is 232 g/mol. The summed E-state index contributed by atoms with van der Waals surface area (Å²) in [5, 5.41) is 11.2. The van der Waals surface area contributed by atoms with Gasteiger partial charge < -0.3 is 20.1 Å². The van der Waals surface area contributed by atoms with Crippen LogP contribution in [0.15, 0.2) is 0 Å². The molecule has 0 aliphatic heterocycles. The lowest BCUT2D eigenvalue weighted by Crippen LogP contribution is -2.47. The summed E-state index contributed by atoms with van der Waals surface area (Å²) in [4.78, 5) is 23.9. The third-order valence-corrected chi connectivity index (χ3v) is 2.22. The van der Waals surface area contributed by atoms with Gasteiger partial charge in [-0.05, 0) is 20.8 Å². The van der Waals surface area contributed by atoms with Crippen molar-refractivity contribution in [1.82, 2.24) is 10.2 Å². The van der Waals surface area contributed by atoms with Gasteiger partial charge in [0, 0.05) is 19.7 Å². The highest BCUT2D eigenvalue weighted by Crippen LogP contribution is 1.98. The summed E-state index contributed by atoms with van der Waals surface area (Å²) in [5.41, 5.74) is 0. The van der Waals surface area contributed by atoms with Crippen molar-refractivity contribution < 1.29 is 19.4 Å². The van der Waals surface area contributed by atoms with Crippen molar-refractivity contribution in [1.29, 1.82) is 0 Å². The second kappa shape index (κ2) is 7.05. The van der Waals surface area contributed by atoms with E-state index in [0.717, 1.165) is 0 Å². The molecule has 0 spiro atoms. The Kier molecular flexibility index (Phi) is 6.48. The van der Waals surface area contributed by atoms with Crippen molar-refractivity contribution in [2.24, 2.45) is 0 Å². The SMILES string of the molecule is CCN(C(=O)NCC(OC)C(=O)O)C(C)C. The van der Waals surface area contributed by atoms with E-state index in [-0.39, 0.29) is 18.6 Å². The topological polar surface area (TPSA) is 78.9 Å². The third kappa shape index (κ3) is 4.48. The standard InChI is InChI=1S/C10H20N2O4/c1-5-12(7(2)3)10(15)11-6-8(16-4)9(13)14/h7-8H,5-6H2,1-4H3,(H,11,15)(H,13,14). The summed E-state index contributed by atoms with van der Waals surface area (Å²) >= 11 is 0. The molecule has 0 aromatic heterocycles. The minimum Gasteiger partial charge on any atom is -0.479 e. The maximum atomic E-state index is 11.6. The molecule has 0 fully saturated rings. The molecule has 0 bridgehead atoms. The van der Waals surface area contributed by atoms with Gasteiger partial charge in [0.1, 0.15) is 0 Å². The Balaban J connectivity index is 4.19. The van der Waals surface area contributed by atoms with E-state index in [2.05, 4.69) is 5.32 Å². The van der Waals surface area contributed by atoms with Crippen molar-refractivity contribution in [3.8, 4) is 0 Å². The quantitative estimate of drug-likeness (QED) is 0.700. The Hall–Kier alpha value is -1.30. The maximum Gasteiger partial charge on any atom is 0.334 e. The van der Waals surface area contributed by atoms with E-state index in [1.165, 1.54) is 7.11 Å². The molecule has 2 amide bonds. The van der Waals surface area contributed by atoms with Crippen molar-refractivity contribution >= 4 is 12.0 Å². The van der Waals surface area contributed by atoms with Crippen LogP contribution in [0.5, 0.6) is 0 Å². The van der Waals surface area contributed by atoms with Gasteiger partial charge in [0.2, 0.25) is 0 Å². The number of nitrogens with one attached hydrogen (secondary N) is 1. The Morgan fingerprint density at radius 2 is 2.00 bits per heavy atom. The molecule has 0 heterocycles. The van der Waals surface area contributed by atoms with Crippen LogP contribution in [0.4, 0.5) is 4.79 Å². The van der Waals surface area contributed by atoms with Gasteiger partial charge in [-0.15, -0.1) is 0 Å². The van der Waals surface area contributed by atoms with Crippen molar-refractivity contribution in [2.75, 3.05) is 20.2 Å². The number of carbonyl (C=O) groups excluding carboxylic acids is 1.